The summed E-state index contributed by atoms with van der Waals surface area (Å²) in [7, 11) is 0. The van der Waals surface area contributed by atoms with E-state index in [1.165, 1.54) is 11.7 Å². The van der Waals surface area contributed by atoms with Crippen LogP contribution in [0, 0.1) is 17.3 Å². The van der Waals surface area contributed by atoms with Crippen molar-refractivity contribution >= 4 is 12.0 Å². The summed E-state index contributed by atoms with van der Waals surface area (Å²) in [5.41, 5.74) is 1.13. The topological polar surface area (TPSA) is 46.5 Å². The SMILES string of the molecule is CC(C)=C[C@@H]1[C@@H](C(=O)N=C=O)C1(C)C. The third-order valence-corrected chi connectivity index (χ3v) is 2.85. The second-order valence-corrected chi connectivity index (χ2v) is 4.61. The molecule has 1 aliphatic rings. The molecule has 3 heteroatoms. The number of isocyanates is 1. The molecule has 0 saturated heterocycles. The normalized spacial score (nSPS) is 27.4. The molecule has 0 aromatic carbocycles. The number of rotatable bonds is 2. The first-order chi connectivity index (χ1) is 6.41. The summed E-state index contributed by atoms with van der Waals surface area (Å²) in [6.45, 7) is 8.03. The van der Waals surface area contributed by atoms with E-state index in [0.717, 1.165) is 0 Å². The summed E-state index contributed by atoms with van der Waals surface area (Å²) in [6.07, 6.45) is 3.38. The van der Waals surface area contributed by atoms with Crippen LogP contribution in [0.1, 0.15) is 27.7 Å². The molecule has 14 heavy (non-hydrogen) atoms. The van der Waals surface area contributed by atoms with E-state index in [9.17, 15) is 9.59 Å². The zero-order valence-corrected chi connectivity index (χ0v) is 9.00. The Kier molecular flexibility index (Phi) is 2.72. The van der Waals surface area contributed by atoms with Gasteiger partial charge in [-0.15, -0.1) is 4.99 Å². The molecule has 3 nitrogen and oxygen atoms in total. The number of aliphatic imine (C=N–C) groups is 1. The average molecular weight is 193 g/mol. The highest BCUT2D eigenvalue weighted by Crippen LogP contribution is 2.59. The number of nitrogens with zero attached hydrogens (tertiary/aromatic N) is 1. The van der Waals surface area contributed by atoms with Crippen molar-refractivity contribution in [1.29, 1.82) is 0 Å². The van der Waals surface area contributed by atoms with Crippen LogP contribution in [-0.2, 0) is 9.59 Å². The highest BCUT2D eigenvalue weighted by atomic mass is 16.2. The van der Waals surface area contributed by atoms with Crippen molar-refractivity contribution in [1.82, 2.24) is 0 Å². The fraction of sp³-hybridized carbons (Fsp3) is 0.636. The fourth-order valence-corrected chi connectivity index (χ4v) is 1.93. The second-order valence-electron chi connectivity index (χ2n) is 4.61. The third kappa shape index (κ3) is 1.83. The van der Waals surface area contributed by atoms with E-state index < -0.39 is 0 Å². The van der Waals surface area contributed by atoms with Gasteiger partial charge in [-0.05, 0) is 25.2 Å². The lowest BCUT2D eigenvalue weighted by Gasteiger charge is -1.97. The van der Waals surface area contributed by atoms with Crippen LogP contribution in [0.4, 0.5) is 0 Å². The van der Waals surface area contributed by atoms with Gasteiger partial charge >= 0.3 is 0 Å². The maximum Gasteiger partial charge on any atom is 0.260 e. The highest BCUT2D eigenvalue weighted by Gasteiger charge is 2.60. The summed E-state index contributed by atoms with van der Waals surface area (Å²) >= 11 is 0. The van der Waals surface area contributed by atoms with Crippen molar-refractivity contribution < 1.29 is 9.59 Å². The summed E-state index contributed by atoms with van der Waals surface area (Å²) < 4.78 is 0. The van der Waals surface area contributed by atoms with Crippen LogP contribution >= 0.6 is 0 Å². The number of carbonyl (C=O) groups is 1. The van der Waals surface area contributed by atoms with Gasteiger partial charge in [0.05, 0.1) is 5.92 Å². The zero-order valence-electron chi connectivity index (χ0n) is 9.00. The van der Waals surface area contributed by atoms with Gasteiger partial charge in [0.25, 0.3) is 5.91 Å². The van der Waals surface area contributed by atoms with E-state index >= 15 is 0 Å². The van der Waals surface area contributed by atoms with Crippen LogP contribution in [0.5, 0.6) is 0 Å². The third-order valence-electron chi connectivity index (χ3n) is 2.85. The van der Waals surface area contributed by atoms with Crippen LogP contribution in [-0.4, -0.2) is 12.0 Å². The predicted octanol–water partition coefficient (Wildman–Crippen LogP) is 2.09. The molecule has 1 fully saturated rings. The Morgan fingerprint density at radius 2 is 2.00 bits per heavy atom. The van der Waals surface area contributed by atoms with Gasteiger partial charge in [-0.25, -0.2) is 4.79 Å². The molecule has 2 atom stereocenters. The molecule has 0 aromatic heterocycles. The first-order valence-corrected chi connectivity index (χ1v) is 4.68. The molecular formula is C11H15NO2. The Hall–Kier alpha value is -1.21. The molecule has 0 aliphatic heterocycles. The standard InChI is InChI=1S/C11H15NO2/c1-7(2)5-8-9(11(8,3)4)10(14)12-6-13/h5,8-9H,1-4H3/t8-,9+/m1/s1. The molecule has 1 aliphatic carbocycles. The van der Waals surface area contributed by atoms with Gasteiger partial charge in [-0.2, -0.15) is 0 Å². The van der Waals surface area contributed by atoms with E-state index in [1.807, 2.05) is 27.7 Å². The van der Waals surface area contributed by atoms with Crippen molar-refractivity contribution in [2.75, 3.05) is 0 Å². The Morgan fingerprint density at radius 1 is 1.43 bits per heavy atom. The molecular weight excluding hydrogens is 178 g/mol. The van der Waals surface area contributed by atoms with Crippen LogP contribution < -0.4 is 0 Å². The van der Waals surface area contributed by atoms with Gasteiger partial charge in [0.1, 0.15) is 0 Å². The van der Waals surface area contributed by atoms with Crippen molar-refractivity contribution in [3.05, 3.63) is 11.6 Å². The number of allylic oxidation sites excluding steroid dienone is 2. The average Bonchev–Trinajstić information content (AvgIpc) is 2.52. The van der Waals surface area contributed by atoms with E-state index in [1.54, 1.807) is 0 Å². The lowest BCUT2D eigenvalue weighted by molar-refractivity contribution is -0.119. The smallest absolute Gasteiger partial charge is 0.260 e. The van der Waals surface area contributed by atoms with E-state index in [2.05, 4.69) is 11.1 Å². The van der Waals surface area contributed by atoms with Gasteiger partial charge in [0.15, 0.2) is 0 Å². The minimum atomic E-state index is -0.340. The Balaban J connectivity index is 2.81. The van der Waals surface area contributed by atoms with Crippen molar-refractivity contribution in [2.45, 2.75) is 27.7 Å². The maximum atomic E-state index is 11.4. The van der Waals surface area contributed by atoms with Gasteiger partial charge < -0.3 is 0 Å². The number of carbonyl (C=O) groups excluding carboxylic acids is 2. The summed E-state index contributed by atoms with van der Waals surface area (Å²) in [5.74, 6) is -0.261. The summed E-state index contributed by atoms with van der Waals surface area (Å²) in [5, 5.41) is 0. The van der Waals surface area contributed by atoms with Crippen LogP contribution in [0.25, 0.3) is 0 Å². The number of hydrogen-bond donors (Lipinski definition) is 0. The van der Waals surface area contributed by atoms with Gasteiger partial charge in [0.2, 0.25) is 6.08 Å². The minimum Gasteiger partial charge on any atom is -0.271 e. The van der Waals surface area contributed by atoms with Crippen LogP contribution in [0.2, 0.25) is 0 Å². The van der Waals surface area contributed by atoms with Crippen LogP contribution in [0.3, 0.4) is 0 Å². The molecule has 1 amide bonds. The van der Waals surface area contributed by atoms with Crippen molar-refractivity contribution in [3.63, 3.8) is 0 Å². The van der Waals surface area contributed by atoms with Gasteiger partial charge in [-0.3, -0.25) is 4.79 Å². The lowest BCUT2D eigenvalue weighted by atomic mass is 10.1. The number of hydrogen-bond acceptors (Lipinski definition) is 2. The first kappa shape index (κ1) is 10.9. The monoisotopic (exact) mass is 193 g/mol. The molecule has 0 N–H and O–H groups in total. The molecule has 0 unspecified atom stereocenters. The molecule has 1 rings (SSSR count). The molecule has 1 saturated carbocycles. The Labute approximate surface area is 83.9 Å². The molecule has 0 heterocycles. The maximum absolute atomic E-state index is 11.4. The Bertz CT molecular complexity index is 331. The second kappa shape index (κ2) is 3.50. The van der Waals surface area contributed by atoms with E-state index in [-0.39, 0.29) is 23.2 Å². The minimum absolute atomic E-state index is 0.0608. The molecule has 0 radical (unpaired) electrons. The largest absolute Gasteiger partial charge is 0.271 e. The molecule has 0 aromatic rings. The highest BCUT2D eigenvalue weighted by molar-refractivity contribution is 5.87. The van der Waals surface area contributed by atoms with Crippen molar-refractivity contribution in [2.24, 2.45) is 22.2 Å². The summed E-state index contributed by atoms with van der Waals surface area (Å²) in [4.78, 5) is 24.5. The fourth-order valence-electron chi connectivity index (χ4n) is 1.93. The summed E-state index contributed by atoms with van der Waals surface area (Å²) in [6, 6.07) is 0. The van der Waals surface area contributed by atoms with Gasteiger partial charge in [-0.1, -0.05) is 25.5 Å². The van der Waals surface area contributed by atoms with Crippen molar-refractivity contribution in [3.8, 4) is 0 Å². The first-order valence-electron chi connectivity index (χ1n) is 4.68. The van der Waals surface area contributed by atoms with E-state index in [4.69, 9.17) is 0 Å². The molecule has 0 spiro atoms. The van der Waals surface area contributed by atoms with Gasteiger partial charge in [0, 0.05) is 0 Å². The zero-order chi connectivity index (χ0) is 10.9. The lowest BCUT2D eigenvalue weighted by Crippen LogP contribution is -2.01. The number of amides is 1. The predicted molar refractivity (Wildman–Crippen MR) is 53.3 cm³/mol. The molecule has 0 bridgehead atoms. The van der Waals surface area contributed by atoms with E-state index in [0.29, 0.717) is 0 Å². The Morgan fingerprint density at radius 3 is 2.43 bits per heavy atom. The quantitative estimate of drug-likeness (QED) is 0.383. The molecule has 76 valence electrons. The van der Waals surface area contributed by atoms with Crippen LogP contribution in [0.15, 0.2) is 16.6 Å².